The van der Waals surface area contributed by atoms with Crippen LogP contribution in [0.5, 0.6) is 0 Å². The Kier molecular flexibility index (Phi) is 5.11. The van der Waals surface area contributed by atoms with Crippen molar-refractivity contribution in [2.24, 2.45) is 5.92 Å². The first-order valence-electron chi connectivity index (χ1n) is 10.5. The molecule has 0 aliphatic carbocycles. The number of nitrogens with zero attached hydrogens (tertiary/aromatic N) is 1. The average Bonchev–Trinajstić information content (AvgIpc) is 3.38. The highest BCUT2D eigenvalue weighted by Crippen LogP contribution is 2.31. The number of hydrogen-bond donors (Lipinski definition) is 3. The van der Waals surface area contributed by atoms with Crippen molar-refractivity contribution in [3.05, 3.63) is 76.0 Å². The molecule has 0 bridgehead atoms. The summed E-state index contributed by atoms with van der Waals surface area (Å²) >= 11 is 1.50. The minimum absolute atomic E-state index is 0.178. The van der Waals surface area contributed by atoms with Gasteiger partial charge in [0.15, 0.2) is 5.78 Å². The molecule has 2 aromatic carbocycles. The summed E-state index contributed by atoms with van der Waals surface area (Å²) in [5.41, 5.74) is 3.96. The molecule has 0 spiro atoms. The lowest BCUT2D eigenvalue weighted by Crippen LogP contribution is -2.07. The molecule has 32 heavy (non-hydrogen) atoms. The lowest BCUT2D eigenvalue weighted by atomic mass is 10.1. The number of Topliss-reactive ketones (excluding diaryl/α,β-unsaturated/α-hetero) is 1. The highest BCUT2D eigenvalue weighted by atomic mass is 32.1. The highest BCUT2D eigenvalue weighted by molar-refractivity contribution is 7.20. The Hall–Kier alpha value is -3.71. The van der Waals surface area contributed by atoms with Gasteiger partial charge in [0, 0.05) is 33.9 Å². The summed E-state index contributed by atoms with van der Waals surface area (Å²) in [5.74, 6) is 0.509. The maximum Gasteiger partial charge on any atom is 0.250 e. The number of carbonyl (C=O) groups excluding carboxylic acids is 1. The quantitative estimate of drug-likeness (QED) is 0.277. The van der Waals surface area contributed by atoms with Gasteiger partial charge in [-0.1, -0.05) is 26.0 Å². The summed E-state index contributed by atoms with van der Waals surface area (Å²) in [7, 11) is 0. The van der Waals surface area contributed by atoms with Crippen LogP contribution in [0.25, 0.3) is 32.2 Å². The zero-order valence-corrected chi connectivity index (χ0v) is 18.5. The molecular formula is C25H22N4O2S. The molecule has 3 N–H and O–H groups in total. The van der Waals surface area contributed by atoms with Gasteiger partial charge in [-0.3, -0.25) is 14.7 Å². The van der Waals surface area contributed by atoms with E-state index in [1.54, 1.807) is 6.20 Å². The second kappa shape index (κ2) is 8.09. The van der Waals surface area contributed by atoms with Crippen LogP contribution in [0, 0.1) is 5.92 Å². The molecule has 0 fully saturated rings. The van der Waals surface area contributed by atoms with Crippen LogP contribution in [-0.2, 0) is 0 Å². The Balaban J connectivity index is 1.46. The molecule has 0 aliphatic heterocycles. The lowest BCUT2D eigenvalue weighted by Gasteiger charge is -2.09. The fraction of sp³-hybridized carbons (Fsp3) is 0.160. The molecule has 0 saturated carbocycles. The molecule has 0 unspecified atom stereocenters. The van der Waals surface area contributed by atoms with Crippen LogP contribution < -0.4 is 10.9 Å². The predicted molar refractivity (Wildman–Crippen MR) is 131 cm³/mol. The molecule has 0 saturated heterocycles. The number of carbonyl (C=O) groups is 1. The van der Waals surface area contributed by atoms with E-state index >= 15 is 0 Å². The van der Waals surface area contributed by atoms with Crippen LogP contribution in [0.1, 0.15) is 29.9 Å². The lowest BCUT2D eigenvalue weighted by molar-refractivity contribution is 0.0972. The summed E-state index contributed by atoms with van der Waals surface area (Å²) in [6.07, 6.45) is 2.31. The van der Waals surface area contributed by atoms with Gasteiger partial charge in [0.05, 0.1) is 22.3 Å². The van der Waals surface area contributed by atoms with Crippen LogP contribution in [0.2, 0.25) is 0 Å². The number of H-pyrrole nitrogens is 2. The zero-order valence-electron chi connectivity index (χ0n) is 17.7. The van der Waals surface area contributed by atoms with Gasteiger partial charge < -0.3 is 10.3 Å². The number of benzene rings is 2. The fourth-order valence-corrected chi connectivity index (χ4v) is 4.82. The standard InChI is InChI=1S/C25H22N4O2S/c1-14(2)7-22(30)24-10-16-4-3-15(9-23(16)32-24)21-11-19(12-25(31)28-21)27-18-5-6-20-17(8-18)13-26-29-20/h3-6,8-14H,7H2,1-2H3,(H,26,29)(H2,27,28,31). The number of hydrogen-bond acceptors (Lipinski definition) is 5. The third-order valence-electron chi connectivity index (χ3n) is 5.27. The highest BCUT2D eigenvalue weighted by Gasteiger charge is 2.13. The number of nitrogens with one attached hydrogen (secondary N) is 3. The zero-order chi connectivity index (χ0) is 22.2. The van der Waals surface area contributed by atoms with Crippen LogP contribution in [0.3, 0.4) is 0 Å². The largest absolute Gasteiger partial charge is 0.355 e. The van der Waals surface area contributed by atoms with Gasteiger partial charge in [-0.25, -0.2) is 0 Å². The number of anilines is 2. The van der Waals surface area contributed by atoms with Crippen molar-refractivity contribution in [3.8, 4) is 11.3 Å². The Bertz CT molecular complexity index is 1510. The van der Waals surface area contributed by atoms with E-state index in [2.05, 4.69) is 20.5 Å². The molecule has 0 aliphatic rings. The first-order chi connectivity index (χ1) is 15.4. The first kappa shape index (κ1) is 20.2. The van der Waals surface area contributed by atoms with E-state index in [0.29, 0.717) is 18.0 Å². The van der Waals surface area contributed by atoms with Crippen molar-refractivity contribution in [1.29, 1.82) is 0 Å². The third kappa shape index (κ3) is 4.07. The Morgan fingerprint density at radius 1 is 1.03 bits per heavy atom. The number of pyridine rings is 1. The van der Waals surface area contributed by atoms with Gasteiger partial charge in [-0.15, -0.1) is 11.3 Å². The molecule has 160 valence electrons. The number of fused-ring (bicyclic) bond motifs is 2. The van der Waals surface area contributed by atoms with E-state index in [1.807, 2.05) is 62.4 Å². The van der Waals surface area contributed by atoms with Crippen molar-refractivity contribution < 1.29 is 4.79 Å². The number of aromatic nitrogens is 3. The van der Waals surface area contributed by atoms with Crippen molar-refractivity contribution >= 4 is 49.5 Å². The molecule has 3 aromatic heterocycles. The number of ketones is 1. The summed E-state index contributed by atoms with van der Waals surface area (Å²) in [4.78, 5) is 28.5. The molecule has 5 aromatic rings. The minimum atomic E-state index is -0.187. The van der Waals surface area contributed by atoms with Crippen LogP contribution in [0.15, 0.2) is 65.6 Å². The maximum atomic E-state index is 12.5. The first-order valence-corrected chi connectivity index (χ1v) is 11.3. The minimum Gasteiger partial charge on any atom is -0.355 e. The maximum absolute atomic E-state index is 12.5. The van der Waals surface area contributed by atoms with E-state index in [0.717, 1.165) is 42.8 Å². The van der Waals surface area contributed by atoms with E-state index in [4.69, 9.17) is 0 Å². The monoisotopic (exact) mass is 442 g/mol. The van der Waals surface area contributed by atoms with Crippen LogP contribution in [-0.4, -0.2) is 21.0 Å². The summed E-state index contributed by atoms with van der Waals surface area (Å²) in [6.45, 7) is 4.10. The van der Waals surface area contributed by atoms with E-state index < -0.39 is 0 Å². The molecule has 0 atom stereocenters. The smallest absolute Gasteiger partial charge is 0.250 e. The van der Waals surface area contributed by atoms with Crippen LogP contribution >= 0.6 is 11.3 Å². The number of aromatic amines is 2. The van der Waals surface area contributed by atoms with Gasteiger partial charge >= 0.3 is 0 Å². The molecule has 0 amide bonds. The van der Waals surface area contributed by atoms with E-state index in [1.165, 1.54) is 17.4 Å². The molecular weight excluding hydrogens is 420 g/mol. The van der Waals surface area contributed by atoms with Gasteiger partial charge in [-0.05, 0) is 53.3 Å². The molecule has 6 nitrogen and oxygen atoms in total. The third-order valence-corrected chi connectivity index (χ3v) is 6.41. The molecule has 5 rings (SSSR count). The summed E-state index contributed by atoms with van der Waals surface area (Å²) in [5, 5.41) is 12.3. The second-order valence-corrected chi connectivity index (χ2v) is 9.41. The van der Waals surface area contributed by atoms with Gasteiger partial charge in [0.2, 0.25) is 5.56 Å². The van der Waals surface area contributed by atoms with Crippen molar-refractivity contribution in [2.75, 3.05) is 5.32 Å². The summed E-state index contributed by atoms with van der Waals surface area (Å²) < 4.78 is 1.03. The second-order valence-electron chi connectivity index (χ2n) is 8.33. The van der Waals surface area contributed by atoms with Crippen molar-refractivity contribution in [2.45, 2.75) is 20.3 Å². The summed E-state index contributed by atoms with van der Waals surface area (Å²) in [6, 6.07) is 17.3. The number of thiophene rings is 1. The Morgan fingerprint density at radius 2 is 1.91 bits per heavy atom. The van der Waals surface area contributed by atoms with Gasteiger partial charge in [0.1, 0.15) is 0 Å². The van der Waals surface area contributed by atoms with Crippen LogP contribution in [0.4, 0.5) is 11.4 Å². The SMILES string of the molecule is CC(C)CC(=O)c1cc2ccc(-c3cc(Nc4ccc5[nH]ncc5c4)cc(=O)[nH]3)cc2s1. The Morgan fingerprint density at radius 3 is 2.75 bits per heavy atom. The fourth-order valence-electron chi connectivity index (χ4n) is 3.77. The molecule has 7 heteroatoms. The Labute approximate surface area is 188 Å². The van der Waals surface area contributed by atoms with Crippen molar-refractivity contribution in [1.82, 2.24) is 15.2 Å². The molecule has 0 radical (unpaired) electrons. The normalized spacial score (nSPS) is 11.5. The molecule has 3 heterocycles. The average molecular weight is 443 g/mol. The number of rotatable bonds is 6. The predicted octanol–water partition coefficient (Wildman–Crippen LogP) is 6.11. The topological polar surface area (TPSA) is 90.6 Å². The van der Waals surface area contributed by atoms with E-state index in [-0.39, 0.29) is 11.3 Å². The van der Waals surface area contributed by atoms with E-state index in [9.17, 15) is 9.59 Å². The van der Waals surface area contributed by atoms with Gasteiger partial charge in [-0.2, -0.15) is 5.10 Å². The van der Waals surface area contributed by atoms with Crippen molar-refractivity contribution in [3.63, 3.8) is 0 Å². The van der Waals surface area contributed by atoms with Gasteiger partial charge in [0.25, 0.3) is 0 Å².